The monoisotopic (exact) mass is 395 g/mol. The summed E-state index contributed by atoms with van der Waals surface area (Å²) in [5, 5.41) is 9.05. The van der Waals surface area contributed by atoms with Crippen molar-refractivity contribution in [1.82, 2.24) is 24.6 Å². The minimum atomic E-state index is -0.537. The van der Waals surface area contributed by atoms with Crippen molar-refractivity contribution in [2.75, 3.05) is 26.7 Å². The summed E-state index contributed by atoms with van der Waals surface area (Å²) < 4.78 is 2.28. The maximum atomic E-state index is 13.4. The van der Waals surface area contributed by atoms with Crippen molar-refractivity contribution in [3.05, 3.63) is 47.0 Å². The molecule has 0 bridgehead atoms. The van der Waals surface area contributed by atoms with Crippen LogP contribution in [-0.2, 0) is 23.2 Å². The van der Waals surface area contributed by atoms with E-state index < -0.39 is 5.41 Å². The van der Waals surface area contributed by atoms with E-state index in [4.69, 9.17) is 0 Å². The fourth-order valence-electron chi connectivity index (χ4n) is 4.69. The van der Waals surface area contributed by atoms with E-state index in [1.807, 2.05) is 18.7 Å². The van der Waals surface area contributed by atoms with E-state index in [-0.39, 0.29) is 5.91 Å². The highest BCUT2D eigenvalue weighted by Crippen LogP contribution is 2.30. The van der Waals surface area contributed by atoms with Crippen LogP contribution >= 0.6 is 0 Å². The number of aryl methyl sites for hydroxylation is 1. The average Bonchev–Trinajstić information content (AvgIpc) is 2.99. The van der Waals surface area contributed by atoms with Crippen LogP contribution in [-0.4, -0.2) is 57.2 Å². The first-order chi connectivity index (χ1) is 13.9. The van der Waals surface area contributed by atoms with Gasteiger partial charge in [0.1, 0.15) is 11.6 Å². The minimum absolute atomic E-state index is 0.191. The third kappa shape index (κ3) is 3.82. The van der Waals surface area contributed by atoms with E-state index in [1.165, 1.54) is 18.4 Å². The Labute approximate surface area is 173 Å². The molecule has 0 N–H and O–H groups in total. The van der Waals surface area contributed by atoms with Crippen LogP contribution in [0.4, 0.5) is 0 Å². The maximum Gasteiger partial charge on any atom is 0.232 e. The van der Waals surface area contributed by atoms with Crippen LogP contribution in [0.3, 0.4) is 0 Å². The molecule has 0 saturated carbocycles. The van der Waals surface area contributed by atoms with Crippen molar-refractivity contribution in [1.29, 1.82) is 0 Å². The largest absolute Gasteiger partial charge is 0.340 e. The molecule has 3 heterocycles. The zero-order valence-corrected chi connectivity index (χ0v) is 18.2. The van der Waals surface area contributed by atoms with Crippen LogP contribution in [0.5, 0.6) is 0 Å². The summed E-state index contributed by atoms with van der Waals surface area (Å²) in [5.41, 5.74) is 1.75. The van der Waals surface area contributed by atoms with Crippen molar-refractivity contribution in [2.24, 2.45) is 0 Å². The highest BCUT2D eigenvalue weighted by molar-refractivity contribution is 5.87. The SMILES string of the molecule is Cc1ccc(C(C)(C)C(=O)N2CCc3nnc([C@@H]4CCCCN4C)n3CC2)cc1. The first-order valence-corrected chi connectivity index (χ1v) is 10.9. The molecule has 6 heteroatoms. The third-order valence-electron chi connectivity index (χ3n) is 6.72. The topological polar surface area (TPSA) is 54.3 Å². The number of carbonyl (C=O) groups excluding carboxylic acids is 1. The zero-order chi connectivity index (χ0) is 20.6. The molecule has 0 unspecified atom stereocenters. The maximum absolute atomic E-state index is 13.4. The smallest absolute Gasteiger partial charge is 0.232 e. The fourth-order valence-corrected chi connectivity index (χ4v) is 4.69. The number of amides is 1. The molecular weight excluding hydrogens is 362 g/mol. The van der Waals surface area contributed by atoms with E-state index in [0.717, 1.165) is 43.1 Å². The summed E-state index contributed by atoms with van der Waals surface area (Å²) in [6.07, 6.45) is 4.40. The standard InChI is InChI=1S/C23H33N5O/c1-17-8-10-18(11-9-17)23(2,3)22(29)27-14-12-20-24-25-21(28(20)16-15-27)19-7-5-6-13-26(19)4/h8-11,19H,5-7,12-16H2,1-4H3/t19-/m0/s1. The molecule has 1 saturated heterocycles. The van der Waals surface area contributed by atoms with Gasteiger partial charge in [0, 0.05) is 26.1 Å². The first-order valence-electron chi connectivity index (χ1n) is 10.9. The Morgan fingerprint density at radius 3 is 2.52 bits per heavy atom. The normalized spacial score (nSPS) is 21.0. The molecule has 2 aromatic rings. The van der Waals surface area contributed by atoms with E-state index in [9.17, 15) is 4.79 Å². The zero-order valence-electron chi connectivity index (χ0n) is 18.2. The Bertz CT molecular complexity index is 870. The van der Waals surface area contributed by atoms with Gasteiger partial charge < -0.3 is 9.47 Å². The Morgan fingerprint density at radius 2 is 1.79 bits per heavy atom. The Kier molecular flexibility index (Phi) is 5.47. The van der Waals surface area contributed by atoms with Gasteiger partial charge in [-0.3, -0.25) is 9.69 Å². The molecule has 2 aliphatic heterocycles. The molecular formula is C23H33N5O. The lowest BCUT2D eigenvalue weighted by Gasteiger charge is -2.32. The molecule has 4 rings (SSSR count). The number of carbonyl (C=O) groups is 1. The number of rotatable bonds is 3. The van der Waals surface area contributed by atoms with Gasteiger partial charge in [0.2, 0.25) is 5.91 Å². The van der Waals surface area contributed by atoms with Crippen LogP contribution in [0.15, 0.2) is 24.3 Å². The van der Waals surface area contributed by atoms with E-state index in [0.29, 0.717) is 19.1 Å². The summed E-state index contributed by atoms with van der Waals surface area (Å²) in [6, 6.07) is 8.67. The van der Waals surface area contributed by atoms with Crippen LogP contribution in [0.1, 0.15) is 61.9 Å². The van der Waals surface area contributed by atoms with Gasteiger partial charge in [-0.15, -0.1) is 10.2 Å². The van der Waals surface area contributed by atoms with Crippen molar-refractivity contribution in [3.63, 3.8) is 0 Å². The Hall–Kier alpha value is -2.21. The Morgan fingerprint density at radius 1 is 1.03 bits per heavy atom. The van der Waals surface area contributed by atoms with Crippen LogP contribution in [0.2, 0.25) is 0 Å². The van der Waals surface area contributed by atoms with E-state index in [1.54, 1.807) is 0 Å². The average molecular weight is 396 g/mol. The van der Waals surface area contributed by atoms with Crippen molar-refractivity contribution >= 4 is 5.91 Å². The van der Waals surface area contributed by atoms with Gasteiger partial charge in [-0.25, -0.2) is 0 Å². The molecule has 0 radical (unpaired) electrons. The van der Waals surface area contributed by atoms with Gasteiger partial charge in [-0.2, -0.15) is 0 Å². The molecule has 6 nitrogen and oxygen atoms in total. The highest BCUT2D eigenvalue weighted by atomic mass is 16.2. The van der Waals surface area contributed by atoms with Gasteiger partial charge in [-0.1, -0.05) is 36.2 Å². The lowest BCUT2D eigenvalue weighted by atomic mass is 9.82. The summed E-state index contributed by atoms with van der Waals surface area (Å²) in [6.45, 7) is 9.44. The molecule has 1 atom stereocenters. The number of aromatic nitrogens is 3. The van der Waals surface area contributed by atoms with Crippen molar-refractivity contribution in [2.45, 2.75) is 64.5 Å². The van der Waals surface area contributed by atoms with Gasteiger partial charge in [0.15, 0.2) is 0 Å². The molecule has 156 valence electrons. The second-order valence-corrected chi connectivity index (χ2v) is 9.15. The van der Waals surface area contributed by atoms with Gasteiger partial charge >= 0.3 is 0 Å². The molecule has 0 spiro atoms. The van der Waals surface area contributed by atoms with Crippen LogP contribution in [0.25, 0.3) is 0 Å². The number of hydrogen-bond donors (Lipinski definition) is 0. The quantitative estimate of drug-likeness (QED) is 0.801. The molecule has 1 fully saturated rings. The van der Waals surface area contributed by atoms with Crippen LogP contribution in [0, 0.1) is 6.92 Å². The minimum Gasteiger partial charge on any atom is -0.340 e. The summed E-state index contributed by atoms with van der Waals surface area (Å²) in [4.78, 5) is 17.9. The fraction of sp³-hybridized carbons (Fsp3) is 0.609. The molecule has 1 amide bonds. The number of fused-ring (bicyclic) bond motifs is 1. The number of nitrogens with zero attached hydrogens (tertiary/aromatic N) is 5. The number of hydrogen-bond acceptors (Lipinski definition) is 4. The number of piperidine rings is 1. The molecule has 29 heavy (non-hydrogen) atoms. The van der Waals surface area contributed by atoms with Gasteiger partial charge in [0.05, 0.1) is 11.5 Å². The van der Waals surface area contributed by atoms with Crippen molar-refractivity contribution < 1.29 is 4.79 Å². The van der Waals surface area contributed by atoms with Gasteiger partial charge in [0.25, 0.3) is 0 Å². The van der Waals surface area contributed by atoms with E-state index in [2.05, 4.69) is 57.9 Å². The highest BCUT2D eigenvalue weighted by Gasteiger charge is 2.35. The molecule has 1 aromatic carbocycles. The Balaban J connectivity index is 1.51. The van der Waals surface area contributed by atoms with E-state index >= 15 is 0 Å². The second-order valence-electron chi connectivity index (χ2n) is 9.15. The predicted octanol–water partition coefficient (Wildman–Crippen LogP) is 3.11. The van der Waals surface area contributed by atoms with Crippen molar-refractivity contribution in [3.8, 4) is 0 Å². The summed E-state index contributed by atoms with van der Waals surface area (Å²) in [7, 11) is 2.18. The van der Waals surface area contributed by atoms with Crippen LogP contribution < -0.4 is 0 Å². The number of benzene rings is 1. The second kappa shape index (κ2) is 7.90. The summed E-state index contributed by atoms with van der Waals surface area (Å²) in [5.74, 6) is 2.29. The molecule has 0 aliphatic carbocycles. The summed E-state index contributed by atoms with van der Waals surface area (Å²) >= 11 is 0. The van der Waals surface area contributed by atoms with Gasteiger partial charge in [-0.05, 0) is 52.8 Å². The predicted molar refractivity (Wildman–Crippen MR) is 114 cm³/mol. The third-order valence-corrected chi connectivity index (χ3v) is 6.72. The molecule has 1 aromatic heterocycles. The first kappa shape index (κ1) is 20.1. The lowest BCUT2D eigenvalue weighted by Crippen LogP contribution is -2.44. The number of likely N-dealkylation sites (tertiary alicyclic amines) is 1. The lowest BCUT2D eigenvalue weighted by molar-refractivity contribution is -0.136. The molecule has 2 aliphatic rings.